The summed E-state index contributed by atoms with van der Waals surface area (Å²) in [5, 5.41) is 5.26. The highest BCUT2D eigenvalue weighted by molar-refractivity contribution is 7.07. The minimum absolute atomic E-state index is 0.0305. The van der Waals surface area contributed by atoms with Crippen molar-refractivity contribution in [1.82, 2.24) is 10.3 Å². The van der Waals surface area contributed by atoms with Gasteiger partial charge in [-0.1, -0.05) is 19.1 Å². The lowest BCUT2D eigenvalue weighted by Gasteiger charge is -2.16. The molecule has 0 spiro atoms. The number of benzene rings is 1. The van der Waals surface area contributed by atoms with Crippen LogP contribution in [0, 0.1) is 0 Å². The molecule has 0 bridgehead atoms. The molecule has 2 nitrogen and oxygen atoms in total. The summed E-state index contributed by atoms with van der Waals surface area (Å²) in [5.41, 5.74) is 2.93. The van der Waals surface area contributed by atoms with Gasteiger partial charge in [0, 0.05) is 5.38 Å². The lowest BCUT2D eigenvalue weighted by molar-refractivity contribution is -0.137. The number of thiazole rings is 1. The van der Waals surface area contributed by atoms with Crippen LogP contribution in [0.5, 0.6) is 0 Å². The predicted octanol–water partition coefficient (Wildman–Crippen LogP) is 4.06. The molecular formula is C14H15F3N2S. The van der Waals surface area contributed by atoms with Gasteiger partial charge in [0.25, 0.3) is 0 Å². The fourth-order valence-electron chi connectivity index (χ4n) is 1.99. The summed E-state index contributed by atoms with van der Waals surface area (Å²) in [4.78, 5) is 4.26. The Morgan fingerprint density at radius 2 is 1.95 bits per heavy atom. The van der Waals surface area contributed by atoms with Crippen LogP contribution in [0.4, 0.5) is 13.2 Å². The molecule has 2 rings (SSSR count). The fourth-order valence-corrected chi connectivity index (χ4v) is 2.60. The smallest absolute Gasteiger partial charge is 0.309 e. The van der Waals surface area contributed by atoms with Crippen molar-refractivity contribution < 1.29 is 13.2 Å². The molecule has 1 aromatic heterocycles. The lowest BCUT2D eigenvalue weighted by atomic mass is 10.0. The van der Waals surface area contributed by atoms with Gasteiger partial charge in [-0.05, 0) is 30.7 Å². The Morgan fingerprint density at radius 1 is 1.25 bits per heavy atom. The standard InChI is InChI=1S/C14H15F3N2S/c1-2-18-12(13-8-20-9-19-13)7-10-3-5-11(6-4-10)14(15,16)17/h3-6,8-9,12,18H,2,7H2,1H3. The van der Waals surface area contributed by atoms with E-state index in [1.54, 1.807) is 5.51 Å². The van der Waals surface area contributed by atoms with Crippen LogP contribution in [-0.2, 0) is 12.6 Å². The van der Waals surface area contributed by atoms with Gasteiger partial charge in [-0.15, -0.1) is 11.3 Å². The largest absolute Gasteiger partial charge is 0.416 e. The number of halogens is 3. The molecule has 1 atom stereocenters. The average Bonchev–Trinajstić information content (AvgIpc) is 2.91. The minimum Gasteiger partial charge on any atom is -0.309 e. The fraction of sp³-hybridized carbons (Fsp3) is 0.357. The first-order valence-electron chi connectivity index (χ1n) is 6.28. The van der Waals surface area contributed by atoms with Gasteiger partial charge in [-0.25, -0.2) is 4.98 Å². The zero-order chi connectivity index (χ0) is 14.6. The second kappa shape index (κ2) is 6.37. The van der Waals surface area contributed by atoms with E-state index in [-0.39, 0.29) is 6.04 Å². The van der Waals surface area contributed by atoms with Crippen molar-refractivity contribution in [3.8, 4) is 0 Å². The van der Waals surface area contributed by atoms with Gasteiger partial charge in [0.1, 0.15) is 0 Å². The average molecular weight is 300 g/mol. The van der Waals surface area contributed by atoms with Crippen molar-refractivity contribution in [1.29, 1.82) is 0 Å². The maximum atomic E-state index is 12.5. The van der Waals surface area contributed by atoms with E-state index in [0.717, 1.165) is 29.9 Å². The Kier molecular flexibility index (Phi) is 4.77. The first-order valence-corrected chi connectivity index (χ1v) is 7.22. The van der Waals surface area contributed by atoms with Crippen molar-refractivity contribution in [2.75, 3.05) is 6.54 Å². The molecule has 6 heteroatoms. The van der Waals surface area contributed by atoms with Crippen molar-refractivity contribution in [3.05, 3.63) is 52.0 Å². The van der Waals surface area contributed by atoms with Crippen molar-refractivity contribution in [2.45, 2.75) is 25.6 Å². The molecule has 2 aromatic rings. The van der Waals surface area contributed by atoms with E-state index in [2.05, 4.69) is 10.3 Å². The molecule has 0 fully saturated rings. The molecule has 0 saturated heterocycles. The van der Waals surface area contributed by atoms with Crippen LogP contribution in [0.3, 0.4) is 0 Å². The Bertz CT molecular complexity index is 520. The molecule has 0 aliphatic rings. The molecule has 1 aromatic carbocycles. The summed E-state index contributed by atoms with van der Waals surface area (Å²) >= 11 is 1.51. The SMILES string of the molecule is CCNC(Cc1ccc(C(F)(F)F)cc1)c1cscn1. The molecule has 1 N–H and O–H groups in total. The van der Waals surface area contributed by atoms with Crippen LogP contribution in [0.2, 0.25) is 0 Å². The van der Waals surface area contributed by atoms with Crippen molar-refractivity contribution in [2.24, 2.45) is 0 Å². The summed E-state index contributed by atoms with van der Waals surface area (Å²) < 4.78 is 37.5. The molecule has 0 aliphatic heterocycles. The Hall–Kier alpha value is -1.40. The van der Waals surface area contributed by atoms with Gasteiger partial charge in [0.2, 0.25) is 0 Å². The van der Waals surface area contributed by atoms with E-state index < -0.39 is 11.7 Å². The van der Waals surface area contributed by atoms with E-state index in [9.17, 15) is 13.2 Å². The third-order valence-corrected chi connectivity index (χ3v) is 3.58. The maximum absolute atomic E-state index is 12.5. The van der Waals surface area contributed by atoms with E-state index in [0.29, 0.717) is 6.42 Å². The van der Waals surface area contributed by atoms with Gasteiger partial charge in [-0.3, -0.25) is 0 Å². The van der Waals surface area contributed by atoms with Crippen molar-refractivity contribution in [3.63, 3.8) is 0 Å². The van der Waals surface area contributed by atoms with Crippen LogP contribution in [0.15, 0.2) is 35.2 Å². The number of likely N-dealkylation sites (N-methyl/N-ethyl adjacent to an activating group) is 1. The van der Waals surface area contributed by atoms with Gasteiger partial charge >= 0.3 is 6.18 Å². The lowest BCUT2D eigenvalue weighted by Crippen LogP contribution is -2.23. The number of nitrogens with zero attached hydrogens (tertiary/aromatic N) is 1. The maximum Gasteiger partial charge on any atom is 0.416 e. The molecule has 108 valence electrons. The first-order chi connectivity index (χ1) is 9.50. The Balaban J connectivity index is 2.11. The second-order valence-electron chi connectivity index (χ2n) is 4.42. The second-order valence-corrected chi connectivity index (χ2v) is 5.14. The molecule has 0 radical (unpaired) electrons. The molecule has 1 unspecified atom stereocenters. The van der Waals surface area contributed by atoms with E-state index >= 15 is 0 Å². The number of hydrogen-bond acceptors (Lipinski definition) is 3. The number of aromatic nitrogens is 1. The summed E-state index contributed by atoms with van der Waals surface area (Å²) in [7, 11) is 0. The summed E-state index contributed by atoms with van der Waals surface area (Å²) in [6.45, 7) is 2.77. The quantitative estimate of drug-likeness (QED) is 0.901. The third-order valence-electron chi connectivity index (χ3n) is 2.98. The van der Waals surface area contributed by atoms with Crippen LogP contribution >= 0.6 is 11.3 Å². The van der Waals surface area contributed by atoms with Crippen LogP contribution in [0.25, 0.3) is 0 Å². The molecule has 1 heterocycles. The third kappa shape index (κ3) is 3.80. The summed E-state index contributed by atoms with van der Waals surface area (Å²) in [6, 6.07) is 5.33. The van der Waals surface area contributed by atoms with E-state index in [1.165, 1.54) is 23.5 Å². The number of rotatable bonds is 5. The van der Waals surface area contributed by atoms with E-state index in [4.69, 9.17) is 0 Å². The highest BCUT2D eigenvalue weighted by atomic mass is 32.1. The first kappa shape index (κ1) is 15.0. The molecule has 20 heavy (non-hydrogen) atoms. The van der Waals surface area contributed by atoms with Crippen LogP contribution in [0.1, 0.15) is 29.8 Å². The van der Waals surface area contributed by atoms with Gasteiger partial charge in [0.05, 0.1) is 22.8 Å². The predicted molar refractivity (Wildman–Crippen MR) is 73.7 cm³/mol. The molecule has 0 aliphatic carbocycles. The minimum atomic E-state index is -4.28. The highest BCUT2D eigenvalue weighted by Gasteiger charge is 2.30. The Morgan fingerprint density at radius 3 is 2.45 bits per heavy atom. The normalized spacial score (nSPS) is 13.4. The number of hydrogen-bond donors (Lipinski definition) is 1. The summed E-state index contributed by atoms with van der Waals surface area (Å²) in [6.07, 6.45) is -3.66. The zero-order valence-corrected chi connectivity index (χ0v) is 11.8. The van der Waals surface area contributed by atoms with Crippen molar-refractivity contribution >= 4 is 11.3 Å². The Labute approximate surface area is 119 Å². The monoisotopic (exact) mass is 300 g/mol. The van der Waals surface area contributed by atoms with E-state index in [1.807, 2.05) is 12.3 Å². The topological polar surface area (TPSA) is 24.9 Å². The van der Waals surface area contributed by atoms with Crippen LogP contribution < -0.4 is 5.32 Å². The van der Waals surface area contributed by atoms with Gasteiger partial charge in [0.15, 0.2) is 0 Å². The zero-order valence-electron chi connectivity index (χ0n) is 10.9. The summed E-state index contributed by atoms with van der Waals surface area (Å²) in [5.74, 6) is 0. The van der Waals surface area contributed by atoms with Gasteiger partial charge < -0.3 is 5.32 Å². The highest BCUT2D eigenvalue weighted by Crippen LogP contribution is 2.29. The van der Waals surface area contributed by atoms with Gasteiger partial charge in [-0.2, -0.15) is 13.2 Å². The molecule has 0 amide bonds. The molecule has 0 saturated carbocycles. The number of nitrogens with one attached hydrogen (secondary N) is 1. The molecular weight excluding hydrogens is 285 g/mol. The number of alkyl halides is 3. The van der Waals surface area contributed by atoms with Crippen LogP contribution in [-0.4, -0.2) is 11.5 Å².